The van der Waals surface area contributed by atoms with Crippen molar-refractivity contribution in [1.29, 1.82) is 0 Å². The van der Waals surface area contributed by atoms with Gasteiger partial charge in [-0.3, -0.25) is 10.1 Å². The Hall–Kier alpha value is -2.05. The fourth-order valence-electron chi connectivity index (χ4n) is 1.42. The van der Waals surface area contributed by atoms with Gasteiger partial charge in [0.1, 0.15) is 10.9 Å². The van der Waals surface area contributed by atoms with Crippen molar-refractivity contribution in [3.63, 3.8) is 0 Å². The molecule has 0 atom stereocenters. The molecule has 1 heterocycles. The van der Waals surface area contributed by atoms with Crippen LogP contribution in [-0.2, 0) is 4.79 Å². The third kappa shape index (κ3) is 4.77. The van der Waals surface area contributed by atoms with Gasteiger partial charge in [0, 0.05) is 11.1 Å². The van der Waals surface area contributed by atoms with E-state index in [1.165, 1.54) is 13.2 Å². The summed E-state index contributed by atoms with van der Waals surface area (Å²) in [5.41, 5.74) is 0. The largest absolute Gasteiger partial charge is 0.484 e. The van der Waals surface area contributed by atoms with Crippen LogP contribution < -0.4 is 14.8 Å². The second-order valence-corrected chi connectivity index (χ2v) is 4.67. The van der Waals surface area contributed by atoms with E-state index in [0.29, 0.717) is 10.8 Å². The summed E-state index contributed by atoms with van der Waals surface area (Å²) in [7, 11) is 1.44. The molecule has 1 aromatic heterocycles. The summed E-state index contributed by atoms with van der Waals surface area (Å²) in [4.78, 5) is 19.5. The number of methoxy groups -OCH3 is 1. The number of rotatable bonds is 5. The van der Waals surface area contributed by atoms with Crippen LogP contribution in [0.3, 0.4) is 0 Å². The van der Waals surface area contributed by atoms with Crippen LogP contribution in [0.25, 0.3) is 0 Å². The first-order valence-corrected chi connectivity index (χ1v) is 6.59. The normalized spacial score (nSPS) is 10.0. The van der Waals surface area contributed by atoms with Crippen molar-refractivity contribution in [3.05, 3.63) is 40.5 Å². The van der Waals surface area contributed by atoms with E-state index in [4.69, 9.17) is 32.7 Å². The zero-order chi connectivity index (χ0) is 15.2. The maximum Gasteiger partial charge on any atom is 0.264 e. The number of hydrogen-bond donors (Lipinski definition) is 1. The topological polar surface area (TPSA) is 73.3 Å². The van der Waals surface area contributed by atoms with Crippen molar-refractivity contribution in [3.8, 4) is 11.6 Å². The molecule has 0 bridgehead atoms. The van der Waals surface area contributed by atoms with Crippen LogP contribution in [-0.4, -0.2) is 29.6 Å². The second kappa shape index (κ2) is 7.10. The third-order valence-electron chi connectivity index (χ3n) is 2.30. The Kier molecular flexibility index (Phi) is 5.19. The molecule has 21 heavy (non-hydrogen) atoms. The number of ether oxygens (including phenoxy) is 2. The molecule has 1 N–H and O–H groups in total. The van der Waals surface area contributed by atoms with Crippen molar-refractivity contribution >= 4 is 35.1 Å². The number of hydrogen-bond acceptors (Lipinski definition) is 5. The molecule has 0 saturated carbocycles. The fourth-order valence-corrected chi connectivity index (χ4v) is 1.78. The Morgan fingerprint density at radius 2 is 2.10 bits per heavy atom. The fraction of sp³-hybridized carbons (Fsp3) is 0.154. The number of aromatic nitrogens is 2. The first kappa shape index (κ1) is 15.3. The summed E-state index contributed by atoms with van der Waals surface area (Å²) in [6.45, 7) is -0.210. The molecule has 1 amide bonds. The van der Waals surface area contributed by atoms with Gasteiger partial charge in [0.05, 0.1) is 7.11 Å². The van der Waals surface area contributed by atoms with Gasteiger partial charge in [-0.1, -0.05) is 29.3 Å². The molecule has 0 aliphatic heterocycles. The first-order valence-electron chi connectivity index (χ1n) is 5.83. The highest BCUT2D eigenvalue weighted by Gasteiger charge is 2.09. The zero-order valence-corrected chi connectivity index (χ0v) is 12.5. The standard InChI is InChI=1S/C13H11Cl2N3O3/c1-20-12-6-10(15)16-13(18-12)17-11(19)7-21-9-4-2-3-8(14)5-9/h2-6H,7H2,1H3,(H,16,17,18,19). The van der Waals surface area contributed by atoms with Crippen LogP contribution in [0.1, 0.15) is 0 Å². The molecule has 0 fully saturated rings. The van der Waals surface area contributed by atoms with Crippen molar-refractivity contribution in [1.82, 2.24) is 9.97 Å². The molecular formula is C13H11Cl2N3O3. The van der Waals surface area contributed by atoms with Gasteiger partial charge in [0.15, 0.2) is 6.61 Å². The molecule has 0 aliphatic rings. The zero-order valence-electron chi connectivity index (χ0n) is 11.0. The van der Waals surface area contributed by atoms with Gasteiger partial charge in [-0.2, -0.15) is 4.98 Å². The summed E-state index contributed by atoms with van der Waals surface area (Å²) >= 11 is 11.6. The number of carbonyl (C=O) groups is 1. The van der Waals surface area contributed by atoms with Gasteiger partial charge >= 0.3 is 0 Å². The van der Waals surface area contributed by atoms with Crippen molar-refractivity contribution < 1.29 is 14.3 Å². The van der Waals surface area contributed by atoms with Crippen LogP contribution in [0.2, 0.25) is 10.2 Å². The molecule has 2 rings (SSSR count). The van der Waals surface area contributed by atoms with E-state index in [9.17, 15) is 4.79 Å². The molecule has 1 aromatic carbocycles. The summed E-state index contributed by atoms with van der Waals surface area (Å²) < 4.78 is 10.2. The highest BCUT2D eigenvalue weighted by Crippen LogP contribution is 2.17. The van der Waals surface area contributed by atoms with E-state index in [2.05, 4.69) is 15.3 Å². The minimum absolute atomic E-state index is 0.0408. The monoisotopic (exact) mass is 327 g/mol. The minimum atomic E-state index is -0.431. The summed E-state index contributed by atoms with van der Waals surface area (Å²) in [5.74, 6) is 0.349. The number of halogens is 2. The van der Waals surface area contributed by atoms with E-state index < -0.39 is 5.91 Å². The Bertz CT molecular complexity index is 652. The molecule has 0 spiro atoms. The van der Waals surface area contributed by atoms with E-state index in [0.717, 1.165) is 0 Å². The van der Waals surface area contributed by atoms with Crippen LogP contribution in [0, 0.1) is 0 Å². The minimum Gasteiger partial charge on any atom is -0.484 e. The molecule has 0 unspecified atom stereocenters. The lowest BCUT2D eigenvalue weighted by atomic mass is 10.3. The summed E-state index contributed by atoms with van der Waals surface area (Å²) in [6.07, 6.45) is 0. The van der Waals surface area contributed by atoms with Crippen LogP contribution in [0.5, 0.6) is 11.6 Å². The molecule has 8 heteroatoms. The number of benzene rings is 1. The van der Waals surface area contributed by atoms with Crippen molar-refractivity contribution in [2.24, 2.45) is 0 Å². The van der Waals surface area contributed by atoms with E-state index in [1.54, 1.807) is 24.3 Å². The van der Waals surface area contributed by atoms with Gasteiger partial charge in [-0.15, -0.1) is 0 Å². The lowest BCUT2D eigenvalue weighted by Gasteiger charge is -2.07. The highest BCUT2D eigenvalue weighted by atomic mass is 35.5. The molecule has 0 radical (unpaired) electrons. The molecular weight excluding hydrogens is 317 g/mol. The Morgan fingerprint density at radius 3 is 2.81 bits per heavy atom. The number of anilines is 1. The maximum absolute atomic E-state index is 11.7. The van der Waals surface area contributed by atoms with E-state index in [-0.39, 0.29) is 23.6 Å². The maximum atomic E-state index is 11.7. The lowest BCUT2D eigenvalue weighted by molar-refractivity contribution is -0.118. The number of nitrogens with one attached hydrogen (secondary N) is 1. The third-order valence-corrected chi connectivity index (χ3v) is 2.73. The second-order valence-electron chi connectivity index (χ2n) is 3.85. The van der Waals surface area contributed by atoms with Crippen molar-refractivity contribution in [2.75, 3.05) is 19.0 Å². The van der Waals surface area contributed by atoms with Crippen molar-refractivity contribution in [2.45, 2.75) is 0 Å². The molecule has 0 saturated heterocycles. The van der Waals surface area contributed by atoms with Gasteiger partial charge in [-0.25, -0.2) is 4.98 Å². The Morgan fingerprint density at radius 1 is 1.29 bits per heavy atom. The predicted octanol–water partition coefficient (Wildman–Crippen LogP) is 2.81. The van der Waals surface area contributed by atoms with Gasteiger partial charge in [-0.05, 0) is 18.2 Å². The molecule has 6 nitrogen and oxygen atoms in total. The van der Waals surface area contributed by atoms with Gasteiger partial charge in [0.25, 0.3) is 5.91 Å². The number of amides is 1. The Labute approximate surface area is 131 Å². The van der Waals surface area contributed by atoms with Crippen LogP contribution in [0.4, 0.5) is 5.95 Å². The van der Waals surface area contributed by atoms with Crippen LogP contribution >= 0.6 is 23.2 Å². The molecule has 2 aromatic rings. The Balaban J connectivity index is 1.94. The predicted molar refractivity (Wildman–Crippen MR) is 79.2 cm³/mol. The highest BCUT2D eigenvalue weighted by molar-refractivity contribution is 6.30. The first-order chi connectivity index (χ1) is 10.1. The van der Waals surface area contributed by atoms with Crippen LogP contribution in [0.15, 0.2) is 30.3 Å². The van der Waals surface area contributed by atoms with E-state index in [1.807, 2.05) is 0 Å². The SMILES string of the molecule is COc1cc(Cl)nc(NC(=O)COc2cccc(Cl)c2)n1. The average molecular weight is 328 g/mol. The summed E-state index contributed by atoms with van der Waals surface area (Å²) in [5, 5.41) is 3.14. The average Bonchev–Trinajstić information content (AvgIpc) is 2.44. The van der Waals surface area contributed by atoms with Gasteiger partial charge < -0.3 is 9.47 Å². The van der Waals surface area contributed by atoms with Gasteiger partial charge in [0.2, 0.25) is 11.8 Å². The molecule has 110 valence electrons. The lowest BCUT2D eigenvalue weighted by Crippen LogP contribution is -2.21. The number of nitrogens with zero attached hydrogens (tertiary/aromatic N) is 2. The summed E-state index contributed by atoms with van der Waals surface area (Å²) in [6, 6.07) is 8.16. The smallest absolute Gasteiger partial charge is 0.264 e. The quantitative estimate of drug-likeness (QED) is 0.855. The van der Waals surface area contributed by atoms with E-state index >= 15 is 0 Å². The number of carbonyl (C=O) groups excluding carboxylic acids is 1. The molecule has 0 aliphatic carbocycles.